The molecule has 30 heavy (non-hydrogen) atoms. The Morgan fingerprint density at radius 1 is 1.13 bits per heavy atom. The average molecular weight is 425 g/mol. The van der Waals surface area contributed by atoms with Crippen molar-refractivity contribution in [3.8, 4) is 0 Å². The van der Waals surface area contributed by atoms with Gasteiger partial charge in [-0.15, -0.1) is 11.3 Å². The van der Waals surface area contributed by atoms with Crippen LogP contribution in [0.15, 0.2) is 24.3 Å². The van der Waals surface area contributed by atoms with Gasteiger partial charge in [-0.25, -0.2) is 9.97 Å². The lowest BCUT2D eigenvalue weighted by Gasteiger charge is -2.11. The van der Waals surface area contributed by atoms with Crippen molar-refractivity contribution in [1.82, 2.24) is 9.97 Å². The van der Waals surface area contributed by atoms with Gasteiger partial charge in [0.15, 0.2) is 0 Å². The van der Waals surface area contributed by atoms with Gasteiger partial charge in [-0.3, -0.25) is 9.59 Å². The van der Waals surface area contributed by atoms with Gasteiger partial charge >= 0.3 is 0 Å². The van der Waals surface area contributed by atoms with Gasteiger partial charge in [-0.1, -0.05) is 6.92 Å². The predicted octanol–water partition coefficient (Wildman–Crippen LogP) is 4.24. The number of hydrogen-bond donors (Lipinski definition) is 2. The second kappa shape index (κ2) is 8.49. The van der Waals surface area contributed by atoms with E-state index >= 15 is 0 Å². The minimum Gasteiger partial charge on any atom is -0.368 e. The topological polar surface area (TPSA) is 93.2 Å². The van der Waals surface area contributed by atoms with Crippen LogP contribution in [-0.4, -0.2) is 34.5 Å². The summed E-state index contributed by atoms with van der Waals surface area (Å²) in [7, 11) is 0. The number of benzene rings is 1. The number of nitrogens with one attached hydrogen (secondary N) is 2. The maximum Gasteiger partial charge on any atom is 0.266 e. The molecule has 3 heterocycles. The predicted molar refractivity (Wildman–Crippen MR) is 118 cm³/mol. The van der Waals surface area contributed by atoms with E-state index in [1.807, 2.05) is 20.8 Å². The van der Waals surface area contributed by atoms with Crippen LogP contribution in [0.25, 0.3) is 10.2 Å². The van der Waals surface area contributed by atoms with Gasteiger partial charge in [0, 0.05) is 35.5 Å². The molecule has 0 aliphatic carbocycles. The first kappa shape index (κ1) is 20.4. The molecule has 0 spiro atoms. The first-order valence-corrected chi connectivity index (χ1v) is 10.9. The van der Waals surface area contributed by atoms with E-state index in [1.165, 1.54) is 11.3 Å². The number of fused-ring (bicyclic) bond motifs is 1. The molecule has 0 radical (unpaired) electrons. The fraction of sp³-hybridized carbons (Fsp3) is 0.364. The van der Waals surface area contributed by atoms with E-state index in [0.29, 0.717) is 22.9 Å². The smallest absolute Gasteiger partial charge is 0.266 e. The minimum atomic E-state index is -0.375. The van der Waals surface area contributed by atoms with Crippen LogP contribution < -0.4 is 10.6 Å². The third-order valence-electron chi connectivity index (χ3n) is 5.17. The van der Waals surface area contributed by atoms with E-state index in [2.05, 4.69) is 20.6 Å². The second-order valence-corrected chi connectivity index (χ2v) is 8.34. The van der Waals surface area contributed by atoms with Crippen molar-refractivity contribution in [2.24, 2.45) is 0 Å². The standard InChI is InChI=1S/C22H24N4O3S/c1-4-17-23-13(3)18-12(2)19(30-22(18)26-17)21(28)25-15-9-7-14(8-10-15)24-20(27)16-6-5-11-29-16/h7-10,16H,4-6,11H2,1-3H3,(H,24,27)(H,25,28)/t16-/m0/s1. The highest BCUT2D eigenvalue weighted by Gasteiger charge is 2.23. The van der Waals surface area contributed by atoms with Gasteiger partial charge in [0.2, 0.25) is 0 Å². The molecule has 156 valence electrons. The number of carbonyl (C=O) groups excluding carboxylic acids is 2. The molecule has 1 aromatic carbocycles. The van der Waals surface area contributed by atoms with Gasteiger partial charge in [-0.05, 0) is 56.5 Å². The number of ether oxygens (including phenoxy) is 1. The molecule has 1 saturated heterocycles. The summed E-state index contributed by atoms with van der Waals surface area (Å²) in [5.74, 6) is 0.478. The molecule has 2 N–H and O–H groups in total. The summed E-state index contributed by atoms with van der Waals surface area (Å²) >= 11 is 1.39. The maximum atomic E-state index is 12.9. The highest BCUT2D eigenvalue weighted by atomic mass is 32.1. The fourth-order valence-electron chi connectivity index (χ4n) is 3.60. The number of amides is 2. The monoisotopic (exact) mass is 424 g/mol. The third kappa shape index (κ3) is 4.06. The number of thiophene rings is 1. The van der Waals surface area contributed by atoms with Crippen LogP contribution in [0.4, 0.5) is 11.4 Å². The first-order valence-electron chi connectivity index (χ1n) is 10.1. The molecule has 1 aliphatic heterocycles. The molecule has 2 amide bonds. The summed E-state index contributed by atoms with van der Waals surface area (Å²) in [5.41, 5.74) is 3.12. The van der Waals surface area contributed by atoms with E-state index in [-0.39, 0.29) is 17.9 Å². The molecule has 2 aromatic heterocycles. The van der Waals surface area contributed by atoms with Crippen molar-refractivity contribution in [2.45, 2.75) is 46.1 Å². The lowest BCUT2D eigenvalue weighted by atomic mass is 10.1. The summed E-state index contributed by atoms with van der Waals surface area (Å²) in [6.45, 7) is 6.53. The minimum absolute atomic E-state index is 0.131. The SMILES string of the molecule is CCc1nc(C)c2c(C)c(C(=O)Nc3ccc(NC(=O)[C@@H]4CCCO4)cc3)sc2n1. The van der Waals surface area contributed by atoms with Crippen LogP contribution in [0.2, 0.25) is 0 Å². The van der Waals surface area contributed by atoms with Crippen LogP contribution >= 0.6 is 11.3 Å². The number of anilines is 2. The zero-order valence-electron chi connectivity index (χ0n) is 17.2. The Balaban J connectivity index is 1.48. The van der Waals surface area contributed by atoms with Crippen molar-refractivity contribution in [3.63, 3.8) is 0 Å². The number of aromatic nitrogens is 2. The Hall–Kier alpha value is -2.84. The number of rotatable bonds is 5. The van der Waals surface area contributed by atoms with Crippen molar-refractivity contribution >= 4 is 44.7 Å². The molecule has 0 saturated carbocycles. The van der Waals surface area contributed by atoms with E-state index < -0.39 is 0 Å². The van der Waals surface area contributed by atoms with Crippen LogP contribution in [0, 0.1) is 13.8 Å². The van der Waals surface area contributed by atoms with Gasteiger partial charge in [0.1, 0.15) is 16.8 Å². The number of aryl methyl sites for hydroxylation is 3. The number of nitrogens with zero attached hydrogens (tertiary/aromatic N) is 2. The fourth-order valence-corrected chi connectivity index (χ4v) is 4.75. The van der Waals surface area contributed by atoms with E-state index in [0.717, 1.165) is 46.6 Å². The summed E-state index contributed by atoms with van der Waals surface area (Å²) < 4.78 is 5.39. The Morgan fingerprint density at radius 3 is 2.47 bits per heavy atom. The summed E-state index contributed by atoms with van der Waals surface area (Å²) in [6, 6.07) is 7.07. The van der Waals surface area contributed by atoms with Gasteiger partial charge in [0.25, 0.3) is 11.8 Å². The van der Waals surface area contributed by atoms with Gasteiger partial charge in [-0.2, -0.15) is 0 Å². The van der Waals surface area contributed by atoms with Gasteiger partial charge in [0.05, 0.1) is 4.88 Å². The maximum absolute atomic E-state index is 12.9. The van der Waals surface area contributed by atoms with Crippen molar-refractivity contribution in [3.05, 3.63) is 46.2 Å². The zero-order chi connectivity index (χ0) is 21.3. The van der Waals surface area contributed by atoms with E-state index in [1.54, 1.807) is 24.3 Å². The molecule has 1 aliphatic rings. The summed E-state index contributed by atoms with van der Waals surface area (Å²) in [5, 5.41) is 6.73. The lowest BCUT2D eigenvalue weighted by molar-refractivity contribution is -0.124. The van der Waals surface area contributed by atoms with Crippen molar-refractivity contribution in [2.75, 3.05) is 17.2 Å². The first-order chi connectivity index (χ1) is 14.5. The van der Waals surface area contributed by atoms with E-state index in [9.17, 15) is 9.59 Å². The molecule has 0 unspecified atom stereocenters. The molecule has 8 heteroatoms. The largest absolute Gasteiger partial charge is 0.368 e. The summed E-state index contributed by atoms with van der Waals surface area (Å²) in [4.78, 5) is 35.6. The Kier molecular flexibility index (Phi) is 5.78. The Bertz CT molecular complexity index is 1100. The highest BCUT2D eigenvalue weighted by Crippen LogP contribution is 2.32. The van der Waals surface area contributed by atoms with Crippen LogP contribution in [0.5, 0.6) is 0 Å². The Labute approximate surface area is 178 Å². The molecule has 0 bridgehead atoms. The average Bonchev–Trinajstić information content (AvgIpc) is 3.38. The lowest BCUT2D eigenvalue weighted by Crippen LogP contribution is -2.26. The highest BCUT2D eigenvalue weighted by molar-refractivity contribution is 7.20. The van der Waals surface area contributed by atoms with Gasteiger partial charge < -0.3 is 15.4 Å². The normalized spacial score (nSPS) is 16.0. The molecular weight excluding hydrogens is 400 g/mol. The molecule has 7 nitrogen and oxygen atoms in total. The molecule has 3 aromatic rings. The van der Waals surface area contributed by atoms with Crippen molar-refractivity contribution < 1.29 is 14.3 Å². The van der Waals surface area contributed by atoms with E-state index in [4.69, 9.17) is 4.74 Å². The zero-order valence-corrected chi connectivity index (χ0v) is 18.1. The quantitative estimate of drug-likeness (QED) is 0.639. The second-order valence-electron chi connectivity index (χ2n) is 7.34. The molecular formula is C22H24N4O3S. The Morgan fingerprint density at radius 2 is 1.83 bits per heavy atom. The number of carbonyl (C=O) groups is 2. The van der Waals surface area contributed by atoms with Crippen LogP contribution in [0.3, 0.4) is 0 Å². The third-order valence-corrected chi connectivity index (χ3v) is 6.36. The molecule has 4 rings (SSSR count). The number of hydrogen-bond acceptors (Lipinski definition) is 6. The molecule has 1 atom stereocenters. The molecule has 1 fully saturated rings. The van der Waals surface area contributed by atoms with Crippen LogP contribution in [0.1, 0.15) is 46.5 Å². The van der Waals surface area contributed by atoms with Crippen molar-refractivity contribution in [1.29, 1.82) is 0 Å². The summed E-state index contributed by atoms with van der Waals surface area (Å²) in [6.07, 6.45) is 2.04. The van der Waals surface area contributed by atoms with Crippen LogP contribution in [-0.2, 0) is 16.0 Å².